The van der Waals surface area contributed by atoms with Crippen LogP contribution in [0.4, 0.5) is 11.6 Å². The standard InChI is InChI=1S/C15H21ClN6O/c16-11-1-3-12(4-2-11)18-13(5-6-17)14-19-15(21-20-14)22-7-9-23-10-8-22/h1-4,13,18H,5-10,17H2,(H,19,20,21)/t13-/m0/s1. The number of hydrogen-bond donors (Lipinski definition) is 3. The lowest BCUT2D eigenvalue weighted by Gasteiger charge is -2.25. The molecule has 0 radical (unpaired) electrons. The van der Waals surface area contributed by atoms with E-state index < -0.39 is 0 Å². The average Bonchev–Trinajstić information content (AvgIpc) is 3.07. The number of anilines is 2. The van der Waals surface area contributed by atoms with E-state index in [1.807, 2.05) is 24.3 Å². The van der Waals surface area contributed by atoms with Gasteiger partial charge in [0.05, 0.1) is 19.3 Å². The summed E-state index contributed by atoms with van der Waals surface area (Å²) in [5, 5.41) is 11.5. The Morgan fingerprint density at radius 1 is 1.30 bits per heavy atom. The lowest BCUT2D eigenvalue weighted by Crippen LogP contribution is -2.36. The first-order chi connectivity index (χ1) is 11.3. The van der Waals surface area contributed by atoms with Crippen molar-refractivity contribution in [3.05, 3.63) is 35.1 Å². The van der Waals surface area contributed by atoms with Gasteiger partial charge in [0.2, 0.25) is 5.95 Å². The molecule has 0 amide bonds. The molecule has 0 saturated carbocycles. The number of aromatic amines is 1. The number of rotatable bonds is 6. The summed E-state index contributed by atoms with van der Waals surface area (Å²) < 4.78 is 5.36. The third-order valence-corrected chi connectivity index (χ3v) is 4.01. The van der Waals surface area contributed by atoms with Crippen LogP contribution in [0.3, 0.4) is 0 Å². The van der Waals surface area contributed by atoms with Crippen LogP contribution in [0.5, 0.6) is 0 Å². The van der Waals surface area contributed by atoms with E-state index in [1.165, 1.54) is 0 Å². The number of ether oxygens (including phenoxy) is 1. The van der Waals surface area contributed by atoms with E-state index in [-0.39, 0.29) is 6.04 Å². The molecule has 0 unspecified atom stereocenters. The maximum absolute atomic E-state index is 5.92. The zero-order chi connectivity index (χ0) is 16.1. The zero-order valence-electron chi connectivity index (χ0n) is 12.8. The van der Waals surface area contributed by atoms with Crippen LogP contribution >= 0.6 is 11.6 Å². The molecule has 7 nitrogen and oxygen atoms in total. The normalized spacial score (nSPS) is 16.3. The van der Waals surface area contributed by atoms with Crippen LogP contribution in [0.1, 0.15) is 18.3 Å². The Labute approximate surface area is 140 Å². The van der Waals surface area contributed by atoms with E-state index in [0.29, 0.717) is 30.7 Å². The predicted molar refractivity (Wildman–Crippen MR) is 90.9 cm³/mol. The quantitative estimate of drug-likeness (QED) is 0.745. The Balaban J connectivity index is 1.72. The summed E-state index contributed by atoms with van der Waals surface area (Å²) >= 11 is 5.92. The van der Waals surface area contributed by atoms with Crippen LogP contribution in [0.2, 0.25) is 5.02 Å². The van der Waals surface area contributed by atoms with Crippen molar-refractivity contribution in [2.45, 2.75) is 12.5 Å². The van der Waals surface area contributed by atoms with Crippen molar-refractivity contribution in [3.8, 4) is 0 Å². The van der Waals surface area contributed by atoms with Gasteiger partial charge in [0.15, 0.2) is 0 Å². The maximum Gasteiger partial charge on any atom is 0.244 e. The Hall–Kier alpha value is -1.83. The topological polar surface area (TPSA) is 92.1 Å². The Morgan fingerprint density at radius 3 is 2.74 bits per heavy atom. The van der Waals surface area contributed by atoms with Gasteiger partial charge in [-0.05, 0) is 37.2 Å². The van der Waals surface area contributed by atoms with E-state index in [0.717, 1.165) is 31.0 Å². The summed E-state index contributed by atoms with van der Waals surface area (Å²) in [6.07, 6.45) is 0.750. The van der Waals surface area contributed by atoms with E-state index in [9.17, 15) is 0 Å². The molecule has 8 heteroatoms. The molecule has 3 rings (SSSR count). The third-order valence-electron chi connectivity index (χ3n) is 3.76. The van der Waals surface area contributed by atoms with E-state index in [2.05, 4.69) is 25.4 Å². The van der Waals surface area contributed by atoms with Gasteiger partial charge in [-0.25, -0.2) is 0 Å². The van der Waals surface area contributed by atoms with Gasteiger partial charge >= 0.3 is 0 Å². The van der Waals surface area contributed by atoms with Gasteiger partial charge in [0.25, 0.3) is 0 Å². The molecule has 23 heavy (non-hydrogen) atoms. The first-order valence-electron chi connectivity index (χ1n) is 7.73. The van der Waals surface area contributed by atoms with Crippen LogP contribution in [0, 0.1) is 0 Å². The van der Waals surface area contributed by atoms with Crippen molar-refractivity contribution in [1.29, 1.82) is 0 Å². The predicted octanol–water partition coefficient (Wildman–Crippen LogP) is 1.80. The highest BCUT2D eigenvalue weighted by Gasteiger charge is 2.20. The number of morpholine rings is 1. The number of halogens is 1. The SMILES string of the molecule is NCC[C@H](Nc1ccc(Cl)cc1)c1nc(N2CCOCC2)n[nH]1. The average molecular weight is 337 g/mol. The van der Waals surface area contributed by atoms with Gasteiger partial charge in [-0.1, -0.05) is 11.6 Å². The maximum atomic E-state index is 5.92. The lowest BCUT2D eigenvalue weighted by atomic mass is 10.2. The lowest BCUT2D eigenvalue weighted by molar-refractivity contribution is 0.122. The molecule has 0 spiro atoms. The second-order valence-corrected chi connectivity index (χ2v) is 5.84. The van der Waals surface area contributed by atoms with Crippen LogP contribution < -0.4 is 16.0 Å². The molecular weight excluding hydrogens is 316 g/mol. The fourth-order valence-corrected chi connectivity index (χ4v) is 2.64. The van der Waals surface area contributed by atoms with Crippen LogP contribution in [0.25, 0.3) is 0 Å². The number of benzene rings is 1. The zero-order valence-corrected chi connectivity index (χ0v) is 13.6. The van der Waals surface area contributed by atoms with Gasteiger partial charge in [-0.15, -0.1) is 5.10 Å². The van der Waals surface area contributed by atoms with E-state index in [4.69, 9.17) is 22.1 Å². The highest BCUT2D eigenvalue weighted by molar-refractivity contribution is 6.30. The Kier molecular flexibility index (Phi) is 5.32. The fourth-order valence-electron chi connectivity index (χ4n) is 2.52. The monoisotopic (exact) mass is 336 g/mol. The second-order valence-electron chi connectivity index (χ2n) is 5.40. The molecular formula is C15H21ClN6O. The van der Waals surface area contributed by atoms with Crippen LogP contribution in [-0.4, -0.2) is 48.0 Å². The molecule has 1 atom stereocenters. The van der Waals surface area contributed by atoms with Gasteiger partial charge in [-0.3, -0.25) is 5.10 Å². The van der Waals surface area contributed by atoms with Crippen molar-refractivity contribution in [3.63, 3.8) is 0 Å². The minimum Gasteiger partial charge on any atom is -0.378 e. The van der Waals surface area contributed by atoms with Crippen molar-refractivity contribution in [2.24, 2.45) is 5.73 Å². The van der Waals surface area contributed by atoms with Gasteiger partial charge in [0.1, 0.15) is 5.82 Å². The number of nitrogens with one attached hydrogen (secondary N) is 2. The van der Waals surface area contributed by atoms with Crippen molar-refractivity contribution >= 4 is 23.2 Å². The van der Waals surface area contributed by atoms with Crippen molar-refractivity contribution in [2.75, 3.05) is 43.1 Å². The largest absolute Gasteiger partial charge is 0.378 e. The number of hydrogen-bond acceptors (Lipinski definition) is 6. The molecule has 124 valence electrons. The number of aromatic nitrogens is 3. The highest BCUT2D eigenvalue weighted by Crippen LogP contribution is 2.22. The first kappa shape index (κ1) is 16.0. The Bertz CT molecular complexity index is 611. The molecule has 1 aromatic heterocycles. The number of nitrogens with two attached hydrogens (primary N) is 1. The molecule has 0 bridgehead atoms. The molecule has 0 aliphatic carbocycles. The summed E-state index contributed by atoms with van der Waals surface area (Å²) in [6, 6.07) is 7.55. The van der Waals surface area contributed by atoms with Gasteiger partial charge in [-0.2, -0.15) is 4.98 Å². The molecule has 4 N–H and O–H groups in total. The fraction of sp³-hybridized carbons (Fsp3) is 0.467. The van der Waals surface area contributed by atoms with E-state index in [1.54, 1.807) is 0 Å². The molecule has 1 aromatic carbocycles. The summed E-state index contributed by atoms with van der Waals surface area (Å²) in [4.78, 5) is 6.74. The van der Waals surface area contributed by atoms with Crippen LogP contribution in [0.15, 0.2) is 24.3 Å². The summed E-state index contributed by atoms with van der Waals surface area (Å²) in [6.45, 7) is 3.59. The summed E-state index contributed by atoms with van der Waals surface area (Å²) in [7, 11) is 0. The smallest absolute Gasteiger partial charge is 0.244 e. The first-order valence-corrected chi connectivity index (χ1v) is 8.11. The minimum atomic E-state index is -0.0246. The molecule has 1 aliphatic rings. The summed E-state index contributed by atoms with van der Waals surface area (Å²) in [5.41, 5.74) is 6.71. The second kappa shape index (κ2) is 7.63. The number of H-pyrrole nitrogens is 1. The summed E-state index contributed by atoms with van der Waals surface area (Å²) in [5.74, 6) is 1.50. The Morgan fingerprint density at radius 2 is 2.04 bits per heavy atom. The molecule has 2 aromatic rings. The molecule has 2 heterocycles. The third kappa shape index (κ3) is 4.13. The van der Waals surface area contributed by atoms with Crippen molar-refractivity contribution in [1.82, 2.24) is 15.2 Å². The molecule has 1 saturated heterocycles. The number of nitrogens with zero attached hydrogens (tertiary/aromatic N) is 3. The molecule has 1 fully saturated rings. The van der Waals surface area contributed by atoms with Gasteiger partial charge in [0, 0.05) is 23.8 Å². The van der Waals surface area contributed by atoms with E-state index >= 15 is 0 Å². The van der Waals surface area contributed by atoms with Gasteiger partial charge < -0.3 is 20.7 Å². The highest BCUT2D eigenvalue weighted by atomic mass is 35.5. The molecule has 1 aliphatic heterocycles. The van der Waals surface area contributed by atoms with Crippen molar-refractivity contribution < 1.29 is 4.74 Å². The minimum absolute atomic E-state index is 0.0246. The van der Waals surface area contributed by atoms with Crippen LogP contribution in [-0.2, 0) is 4.74 Å².